The number of carbonyl (C=O) groups excluding carboxylic acids is 2. The number of ether oxygens (including phenoxy) is 4. The first-order valence-corrected chi connectivity index (χ1v) is 11.1. The number of benzene rings is 1. The van der Waals surface area contributed by atoms with Crippen LogP contribution < -0.4 is 9.47 Å². The Bertz CT molecular complexity index is 683. The van der Waals surface area contributed by atoms with Gasteiger partial charge in [-0.2, -0.15) is 0 Å². The van der Waals surface area contributed by atoms with Gasteiger partial charge in [0.05, 0.1) is 14.2 Å². The van der Waals surface area contributed by atoms with Crippen LogP contribution in [0.3, 0.4) is 0 Å². The molecule has 0 radical (unpaired) electrons. The Labute approximate surface area is 165 Å². The lowest BCUT2D eigenvalue weighted by molar-refractivity contribution is -0.151. The van der Waals surface area contributed by atoms with Gasteiger partial charge in [-0.25, -0.2) is 15.7 Å². The Hall–Kier alpha value is -1.91. The van der Waals surface area contributed by atoms with Gasteiger partial charge in [-0.1, -0.05) is 33.8 Å². The molecule has 1 aromatic carbocycles. The lowest BCUT2D eigenvalue weighted by atomic mass is 10.1. The van der Waals surface area contributed by atoms with Gasteiger partial charge < -0.3 is 18.9 Å². The van der Waals surface area contributed by atoms with E-state index in [1.165, 1.54) is 32.4 Å². The minimum atomic E-state index is -4.11. The molecule has 27 heavy (non-hydrogen) atoms. The highest BCUT2D eigenvalue weighted by Gasteiger charge is 2.30. The summed E-state index contributed by atoms with van der Waals surface area (Å²) in [4.78, 5) is 23.9. The van der Waals surface area contributed by atoms with E-state index in [1.807, 2.05) is 0 Å². The molecule has 0 saturated heterocycles. The molecule has 0 amide bonds. The molecule has 0 bridgehead atoms. The minimum Gasteiger partial charge on any atom is -0.477 e. The summed E-state index contributed by atoms with van der Waals surface area (Å²) in [5, 5.41) is 0. The van der Waals surface area contributed by atoms with Gasteiger partial charge in [0.25, 0.3) is 0 Å². The molecule has 1 aromatic rings. The van der Waals surface area contributed by atoms with Crippen LogP contribution in [0.1, 0.15) is 27.7 Å². The van der Waals surface area contributed by atoms with Gasteiger partial charge in [-0.15, -0.1) is 0 Å². The fourth-order valence-electron chi connectivity index (χ4n) is 2.24. The van der Waals surface area contributed by atoms with Crippen LogP contribution in [0.4, 0.5) is 0 Å². The van der Waals surface area contributed by atoms with E-state index in [0.717, 1.165) is 0 Å². The van der Waals surface area contributed by atoms with E-state index in [2.05, 4.69) is 0 Å². The summed E-state index contributed by atoms with van der Waals surface area (Å²) in [7, 11) is 2.45. The van der Waals surface area contributed by atoms with Crippen LogP contribution in [0.5, 0.6) is 11.5 Å². The second-order valence-corrected chi connectivity index (χ2v) is 8.72. The van der Waals surface area contributed by atoms with Gasteiger partial charge in [0, 0.05) is 11.8 Å². The molecule has 0 heterocycles. The van der Waals surface area contributed by atoms with Gasteiger partial charge in [0.15, 0.2) is 15.8 Å². The summed E-state index contributed by atoms with van der Waals surface area (Å²) in [5.74, 6) is -1.77. The third kappa shape index (κ3) is 6.05. The summed E-state index contributed by atoms with van der Waals surface area (Å²) in [5.41, 5.74) is 0. The summed E-state index contributed by atoms with van der Waals surface area (Å²) in [6.07, 6.45) is -1.97. The van der Waals surface area contributed by atoms with Gasteiger partial charge in [-0.05, 0) is 12.1 Å². The lowest BCUT2D eigenvalue weighted by Gasteiger charge is -2.23. The molecule has 1 rings (SSSR count). The Kier molecular flexibility index (Phi) is 8.94. The average Bonchev–Trinajstić information content (AvgIpc) is 2.61. The van der Waals surface area contributed by atoms with Gasteiger partial charge in [0.1, 0.15) is 11.5 Å². The van der Waals surface area contributed by atoms with Crippen molar-refractivity contribution in [3.05, 3.63) is 21.8 Å². The number of methoxy groups -OCH3 is 2. The smallest absolute Gasteiger partial charge is 0.348 e. The zero-order chi connectivity index (χ0) is 20.7. The SMILES string of the molecule is COC(=O)[C@H](Oc1cccc(O[C@@H](C(=O)OC)C(C)C)c1I(=O)=O)C(C)C. The molecule has 8 nitrogen and oxygen atoms in total. The van der Waals surface area contributed by atoms with Gasteiger partial charge in [-0.3, -0.25) is 0 Å². The molecule has 0 aliphatic heterocycles. The monoisotopic (exact) mass is 496 g/mol. The standard InChI is InChI=1S/C18H25IO8/c1-10(2)15(17(20)24-5)26-12-8-7-9-13(14(12)19(22)23)27-16(11(3)4)18(21)25-6/h7-11,15-16H,1-6H3/t15-,16-/m1/s1. The fraction of sp³-hybridized carbons (Fsp3) is 0.556. The first-order valence-electron chi connectivity index (χ1n) is 8.31. The quantitative estimate of drug-likeness (QED) is 0.379. The van der Waals surface area contributed by atoms with Gasteiger partial charge in [0.2, 0.25) is 0 Å². The van der Waals surface area contributed by atoms with Crippen molar-refractivity contribution in [1.82, 2.24) is 0 Å². The van der Waals surface area contributed by atoms with Crippen LogP contribution in [0, 0.1) is 15.4 Å². The lowest BCUT2D eigenvalue weighted by Crippen LogP contribution is -2.35. The minimum absolute atomic E-state index is 0.0147. The maximum Gasteiger partial charge on any atom is 0.348 e. The molecular formula is C18H25IO8. The topological polar surface area (TPSA) is 105 Å². The first-order chi connectivity index (χ1) is 12.6. The largest absolute Gasteiger partial charge is 0.477 e. The van der Waals surface area contributed by atoms with E-state index in [1.54, 1.807) is 27.7 Å². The highest BCUT2D eigenvalue weighted by Crippen LogP contribution is 2.38. The molecule has 0 aliphatic rings. The number of hydrogen-bond acceptors (Lipinski definition) is 8. The van der Waals surface area contributed by atoms with Crippen molar-refractivity contribution in [3.8, 4) is 11.5 Å². The number of esters is 2. The number of rotatable bonds is 9. The molecule has 0 aliphatic carbocycles. The Morgan fingerprint density at radius 2 is 1.19 bits per heavy atom. The Morgan fingerprint density at radius 3 is 1.44 bits per heavy atom. The maximum absolute atomic E-state index is 12.0. The summed E-state index contributed by atoms with van der Waals surface area (Å²) in [6, 6.07) is 4.39. The molecule has 0 N–H and O–H groups in total. The molecule has 0 saturated carbocycles. The third-order valence-corrected chi connectivity index (χ3v) is 5.61. The van der Waals surface area contributed by atoms with E-state index in [4.69, 9.17) is 18.9 Å². The van der Waals surface area contributed by atoms with Crippen molar-refractivity contribution >= 4 is 31.7 Å². The number of halogens is 1. The second-order valence-electron chi connectivity index (χ2n) is 6.40. The summed E-state index contributed by atoms with van der Waals surface area (Å²) in [6.45, 7) is 6.99. The predicted molar refractivity (Wildman–Crippen MR) is 103 cm³/mol. The molecule has 0 aromatic heterocycles. The van der Waals surface area contributed by atoms with Crippen LogP contribution in [-0.2, 0) is 25.2 Å². The summed E-state index contributed by atoms with van der Waals surface area (Å²) >= 11 is -4.11. The highest BCUT2D eigenvalue weighted by molar-refractivity contribution is 14.2. The Balaban J connectivity index is 3.35. The maximum atomic E-state index is 12.0. The van der Waals surface area contributed by atoms with Crippen LogP contribution in [-0.4, -0.2) is 38.4 Å². The number of hydrogen-bond donors (Lipinski definition) is 0. The predicted octanol–water partition coefficient (Wildman–Crippen LogP) is 3.21. The molecular weight excluding hydrogens is 471 g/mol. The van der Waals surface area contributed by atoms with Crippen molar-refractivity contribution in [3.63, 3.8) is 0 Å². The van der Waals surface area contributed by atoms with Crippen LogP contribution >= 0.6 is 19.8 Å². The fourth-order valence-corrected chi connectivity index (χ4v) is 3.73. The zero-order valence-corrected chi connectivity index (χ0v) is 18.3. The van der Waals surface area contributed by atoms with E-state index in [9.17, 15) is 15.7 Å². The van der Waals surface area contributed by atoms with Crippen molar-refractivity contribution in [1.29, 1.82) is 0 Å². The molecule has 152 valence electrons. The van der Waals surface area contributed by atoms with Crippen molar-refractivity contribution in [2.75, 3.05) is 14.2 Å². The van der Waals surface area contributed by atoms with Crippen molar-refractivity contribution < 1.29 is 34.7 Å². The summed E-state index contributed by atoms with van der Waals surface area (Å²) < 4.78 is 44.5. The van der Waals surface area contributed by atoms with E-state index in [-0.39, 0.29) is 26.9 Å². The van der Waals surface area contributed by atoms with Crippen LogP contribution in [0.25, 0.3) is 0 Å². The molecule has 0 fully saturated rings. The second kappa shape index (κ2) is 10.4. The molecule has 9 heteroatoms. The van der Waals surface area contributed by atoms with Crippen LogP contribution in [0.2, 0.25) is 0 Å². The highest BCUT2D eigenvalue weighted by atomic mass is 127. The van der Waals surface area contributed by atoms with E-state index >= 15 is 0 Å². The van der Waals surface area contributed by atoms with Crippen molar-refractivity contribution in [2.24, 2.45) is 11.8 Å². The van der Waals surface area contributed by atoms with Crippen LogP contribution in [0.15, 0.2) is 18.2 Å². The number of carbonyl (C=O) groups is 2. The van der Waals surface area contributed by atoms with E-state index in [0.29, 0.717) is 0 Å². The molecule has 0 unspecified atom stereocenters. The first kappa shape index (κ1) is 23.1. The van der Waals surface area contributed by atoms with E-state index < -0.39 is 43.9 Å². The van der Waals surface area contributed by atoms with Crippen molar-refractivity contribution in [2.45, 2.75) is 39.9 Å². The van der Waals surface area contributed by atoms with Gasteiger partial charge >= 0.3 is 31.7 Å². The Morgan fingerprint density at radius 1 is 0.815 bits per heavy atom. The molecule has 0 spiro atoms. The normalized spacial score (nSPS) is 13.4. The average molecular weight is 496 g/mol. The third-order valence-electron chi connectivity index (χ3n) is 3.67. The molecule has 2 atom stereocenters. The zero-order valence-electron chi connectivity index (χ0n) is 16.2.